The van der Waals surface area contributed by atoms with Crippen molar-refractivity contribution in [1.29, 1.82) is 5.26 Å². The second-order valence-corrected chi connectivity index (χ2v) is 7.05. The van der Waals surface area contributed by atoms with Crippen molar-refractivity contribution < 1.29 is 0 Å². The Bertz CT molecular complexity index is 676. The molecule has 0 saturated carbocycles. The molecule has 1 aromatic heterocycles. The lowest BCUT2D eigenvalue weighted by molar-refractivity contribution is 0.696. The summed E-state index contributed by atoms with van der Waals surface area (Å²) in [5.41, 5.74) is 2.97. The fourth-order valence-corrected chi connectivity index (χ4v) is 4.17. The van der Waals surface area contributed by atoms with Gasteiger partial charge in [0.1, 0.15) is 0 Å². The molecule has 1 heterocycles. The lowest BCUT2D eigenvalue weighted by Gasteiger charge is -2.15. The number of nitriles is 1. The van der Waals surface area contributed by atoms with E-state index in [0.29, 0.717) is 10.6 Å². The van der Waals surface area contributed by atoms with Crippen LogP contribution >= 0.6 is 22.9 Å². The quantitative estimate of drug-likeness (QED) is 0.831. The SMILES string of the molecule is CC(Nc1cc(C#N)ccc1Cl)c1cc2c(s1)CCCC2. The van der Waals surface area contributed by atoms with Crippen LogP contribution in [0.15, 0.2) is 24.3 Å². The van der Waals surface area contributed by atoms with Crippen LogP contribution in [0.25, 0.3) is 0 Å². The van der Waals surface area contributed by atoms with E-state index in [1.807, 2.05) is 17.4 Å². The molecule has 21 heavy (non-hydrogen) atoms. The van der Waals surface area contributed by atoms with Gasteiger partial charge in [-0.1, -0.05) is 11.6 Å². The largest absolute Gasteiger partial charge is 0.376 e. The Morgan fingerprint density at radius 1 is 1.29 bits per heavy atom. The first kappa shape index (κ1) is 14.4. The van der Waals surface area contributed by atoms with Gasteiger partial charge < -0.3 is 5.32 Å². The maximum atomic E-state index is 9.00. The number of aryl methyl sites for hydroxylation is 2. The van der Waals surface area contributed by atoms with Crippen LogP contribution in [-0.4, -0.2) is 0 Å². The second-order valence-electron chi connectivity index (χ2n) is 5.48. The minimum Gasteiger partial charge on any atom is -0.376 e. The summed E-state index contributed by atoms with van der Waals surface area (Å²) < 4.78 is 0. The Balaban J connectivity index is 1.81. The number of hydrogen-bond acceptors (Lipinski definition) is 3. The molecule has 1 aromatic carbocycles. The van der Waals surface area contributed by atoms with Crippen LogP contribution in [0.2, 0.25) is 5.02 Å². The molecule has 1 unspecified atom stereocenters. The highest BCUT2D eigenvalue weighted by atomic mass is 35.5. The van der Waals surface area contributed by atoms with Crippen LogP contribution in [-0.2, 0) is 12.8 Å². The zero-order valence-corrected chi connectivity index (χ0v) is 13.5. The number of nitrogens with one attached hydrogen (secondary N) is 1. The fourth-order valence-electron chi connectivity index (χ4n) is 2.74. The van der Waals surface area contributed by atoms with E-state index in [9.17, 15) is 0 Å². The standard InChI is InChI=1S/C17H17ClN2S/c1-11(17-9-13-4-2-3-5-16(13)21-17)20-15-8-12(10-19)6-7-14(15)18/h6-9,11,20H,2-5H2,1H3. The molecule has 0 amide bonds. The van der Waals surface area contributed by atoms with Crippen LogP contribution in [0.4, 0.5) is 5.69 Å². The van der Waals surface area contributed by atoms with E-state index < -0.39 is 0 Å². The molecule has 0 spiro atoms. The highest BCUT2D eigenvalue weighted by molar-refractivity contribution is 7.12. The molecule has 0 fully saturated rings. The zero-order valence-electron chi connectivity index (χ0n) is 11.9. The van der Waals surface area contributed by atoms with Gasteiger partial charge >= 0.3 is 0 Å². The van der Waals surface area contributed by atoms with Crippen molar-refractivity contribution in [3.63, 3.8) is 0 Å². The molecule has 0 radical (unpaired) electrons. The van der Waals surface area contributed by atoms with Crippen molar-refractivity contribution in [3.8, 4) is 6.07 Å². The lowest BCUT2D eigenvalue weighted by Crippen LogP contribution is -2.05. The average Bonchev–Trinajstić information content (AvgIpc) is 2.93. The summed E-state index contributed by atoms with van der Waals surface area (Å²) >= 11 is 8.13. The Hall–Kier alpha value is -1.50. The molecule has 1 atom stereocenters. The highest BCUT2D eigenvalue weighted by Gasteiger charge is 2.17. The lowest BCUT2D eigenvalue weighted by atomic mass is 9.99. The fraction of sp³-hybridized carbons (Fsp3) is 0.353. The van der Waals surface area contributed by atoms with Gasteiger partial charge in [-0.2, -0.15) is 5.26 Å². The molecule has 2 aromatic rings. The van der Waals surface area contributed by atoms with Crippen LogP contribution in [0.1, 0.15) is 46.7 Å². The number of rotatable bonds is 3. The Kier molecular flexibility index (Phi) is 4.19. The van der Waals surface area contributed by atoms with E-state index in [4.69, 9.17) is 16.9 Å². The number of anilines is 1. The highest BCUT2D eigenvalue weighted by Crippen LogP contribution is 2.35. The average molecular weight is 317 g/mol. The van der Waals surface area contributed by atoms with Gasteiger partial charge in [0.05, 0.1) is 28.4 Å². The Labute approximate surface area is 134 Å². The summed E-state index contributed by atoms with van der Waals surface area (Å²) in [4.78, 5) is 2.89. The maximum Gasteiger partial charge on any atom is 0.0992 e. The van der Waals surface area contributed by atoms with Crippen molar-refractivity contribution in [2.75, 3.05) is 5.32 Å². The van der Waals surface area contributed by atoms with Crippen molar-refractivity contribution in [1.82, 2.24) is 0 Å². The molecule has 1 N–H and O–H groups in total. The second kappa shape index (κ2) is 6.09. The van der Waals surface area contributed by atoms with Gasteiger partial charge in [0.25, 0.3) is 0 Å². The number of nitrogens with zero attached hydrogens (tertiary/aromatic N) is 1. The summed E-state index contributed by atoms with van der Waals surface area (Å²) in [6.45, 7) is 2.15. The minimum absolute atomic E-state index is 0.201. The maximum absolute atomic E-state index is 9.00. The topological polar surface area (TPSA) is 35.8 Å². The zero-order chi connectivity index (χ0) is 14.8. The summed E-state index contributed by atoms with van der Waals surface area (Å²) in [5.74, 6) is 0. The van der Waals surface area contributed by atoms with E-state index in [1.165, 1.54) is 36.1 Å². The molecule has 2 nitrogen and oxygen atoms in total. The van der Waals surface area contributed by atoms with Crippen LogP contribution in [0.5, 0.6) is 0 Å². The molecular formula is C17H17ClN2S. The summed E-state index contributed by atoms with van der Waals surface area (Å²) in [6, 6.07) is 10.0. The molecule has 1 aliphatic rings. The smallest absolute Gasteiger partial charge is 0.0992 e. The monoisotopic (exact) mass is 316 g/mol. The number of thiophene rings is 1. The number of benzene rings is 1. The summed E-state index contributed by atoms with van der Waals surface area (Å²) in [7, 11) is 0. The minimum atomic E-state index is 0.201. The van der Waals surface area contributed by atoms with E-state index in [-0.39, 0.29) is 6.04 Å². The van der Waals surface area contributed by atoms with Gasteiger partial charge in [-0.3, -0.25) is 0 Å². The molecule has 0 bridgehead atoms. The Morgan fingerprint density at radius 2 is 2.10 bits per heavy atom. The molecule has 108 valence electrons. The summed E-state index contributed by atoms with van der Waals surface area (Å²) in [6.07, 6.45) is 5.05. The Morgan fingerprint density at radius 3 is 2.86 bits per heavy atom. The van der Waals surface area contributed by atoms with Gasteiger partial charge in [0.15, 0.2) is 0 Å². The van der Waals surface area contributed by atoms with Gasteiger partial charge in [0, 0.05) is 9.75 Å². The predicted octanol–water partition coefficient (Wildman–Crippen LogP) is 5.33. The first-order valence-corrected chi connectivity index (χ1v) is 8.44. The van der Waals surface area contributed by atoms with Gasteiger partial charge in [-0.15, -0.1) is 11.3 Å². The van der Waals surface area contributed by atoms with Crippen molar-refractivity contribution in [2.45, 2.75) is 38.6 Å². The summed E-state index contributed by atoms with van der Waals surface area (Å²) in [5, 5.41) is 13.1. The number of hydrogen-bond donors (Lipinski definition) is 1. The molecule has 0 saturated heterocycles. The van der Waals surface area contributed by atoms with Gasteiger partial charge in [-0.05, 0) is 62.4 Å². The molecule has 3 rings (SSSR count). The van der Waals surface area contributed by atoms with Crippen molar-refractivity contribution in [2.24, 2.45) is 0 Å². The first-order valence-electron chi connectivity index (χ1n) is 7.25. The molecule has 0 aliphatic heterocycles. The third-order valence-electron chi connectivity index (χ3n) is 3.91. The van der Waals surface area contributed by atoms with Gasteiger partial charge in [0.2, 0.25) is 0 Å². The first-order chi connectivity index (χ1) is 10.2. The van der Waals surface area contributed by atoms with Crippen LogP contribution in [0, 0.1) is 11.3 Å². The molecule has 1 aliphatic carbocycles. The van der Waals surface area contributed by atoms with E-state index >= 15 is 0 Å². The van der Waals surface area contributed by atoms with Gasteiger partial charge in [-0.25, -0.2) is 0 Å². The molecular weight excluding hydrogens is 300 g/mol. The van der Waals surface area contributed by atoms with E-state index in [1.54, 1.807) is 17.0 Å². The third kappa shape index (κ3) is 3.07. The van der Waals surface area contributed by atoms with E-state index in [2.05, 4.69) is 24.4 Å². The van der Waals surface area contributed by atoms with Crippen LogP contribution in [0.3, 0.4) is 0 Å². The van der Waals surface area contributed by atoms with E-state index in [0.717, 1.165) is 5.69 Å². The third-order valence-corrected chi connectivity index (χ3v) is 5.66. The predicted molar refractivity (Wildman–Crippen MR) is 89.2 cm³/mol. The van der Waals surface area contributed by atoms with Crippen LogP contribution < -0.4 is 5.32 Å². The van der Waals surface area contributed by atoms with Crippen molar-refractivity contribution in [3.05, 3.63) is 50.2 Å². The van der Waals surface area contributed by atoms with Crippen molar-refractivity contribution >= 4 is 28.6 Å². The molecule has 4 heteroatoms. The normalized spacial score (nSPS) is 15.1. The number of fused-ring (bicyclic) bond motifs is 1. The number of halogens is 1.